The van der Waals surface area contributed by atoms with Crippen molar-refractivity contribution in [2.24, 2.45) is 0 Å². The number of benzene rings is 2. The fourth-order valence-electron chi connectivity index (χ4n) is 2.45. The monoisotopic (exact) mass is 323 g/mol. The van der Waals surface area contributed by atoms with E-state index in [1.54, 1.807) is 54.1 Å². The second-order valence-corrected chi connectivity index (χ2v) is 5.39. The summed E-state index contributed by atoms with van der Waals surface area (Å²) in [7, 11) is 0. The molecule has 0 radical (unpaired) electrons. The minimum absolute atomic E-state index is 0.234. The number of hydrogen-bond donors (Lipinski definition) is 0. The number of aromatic nitrogens is 3. The van der Waals surface area contributed by atoms with Gasteiger partial charge in [0.2, 0.25) is 5.78 Å². The normalized spacial score (nSPS) is 12.1. The Labute approximate surface area is 139 Å². The van der Waals surface area contributed by atoms with Gasteiger partial charge in [0.25, 0.3) is 0 Å². The van der Waals surface area contributed by atoms with Gasteiger partial charge in [-0.2, -0.15) is 0 Å². The van der Waals surface area contributed by atoms with E-state index in [0.29, 0.717) is 23.2 Å². The highest BCUT2D eigenvalue weighted by Crippen LogP contribution is 2.15. The Kier molecular flexibility index (Phi) is 4.37. The number of Topliss-reactive ketones (excluding diaryl/α,β-unsaturated/α-hetero) is 1. The van der Waals surface area contributed by atoms with Gasteiger partial charge >= 0.3 is 5.97 Å². The quantitative estimate of drug-likeness (QED) is 0.533. The standard InChI is InChI=1S/C18H17N3O3/c1-3-21-16-10-9-14(11-15(16)19-20-21)18(23)24-12(2)17(22)13-7-5-4-6-8-13/h4-12H,3H2,1-2H3/t12-/m1/s1. The van der Waals surface area contributed by atoms with Crippen LogP contribution in [0.25, 0.3) is 11.0 Å². The van der Waals surface area contributed by atoms with Crippen LogP contribution in [0.2, 0.25) is 0 Å². The number of nitrogens with zero attached hydrogens (tertiary/aromatic N) is 3. The van der Waals surface area contributed by atoms with E-state index in [1.165, 1.54) is 0 Å². The average molecular weight is 323 g/mol. The van der Waals surface area contributed by atoms with Gasteiger partial charge in [-0.05, 0) is 32.0 Å². The maximum atomic E-state index is 12.3. The second kappa shape index (κ2) is 6.62. The molecular weight excluding hydrogens is 306 g/mol. The van der Waals surface area contributed by atoms with Crippen LogP contribution in [-0.2, 0) is 11.3 Å². The molecule has 122 valence electrons. The molecule has 0 aliphatic carbocycles. The van der Waals surface area contributed by atoms with Crippen molar-refractivity contribution in [3.63, 3.8) is 0 Å². The molecule has 0 aliphatic rings. The van der Waals surface area contributed by atoms with Crippen molar-refractivity contribution in [3.05, 3.63) is 59.7 Å². The van der Waals surface area contributed by atoms with Crippen molar-refractivity contribution in [2.45, 2.75) is 26.5 Å². The minimum Gasteiger partial charge on any atom is -0.451 e. The summed E-state index contributed by atoms with van der Waals surface area (Å²) in [5.41, 5.74) is 2.33. The third kappa shape index (κ3) is 3.03. The van der Waals surface area contributed by atoms with Crippen molar-refractivity contribution in [2.75, 3.05) is 0 Å². The van der Waals surface area contributed by atoms with Gasteiger partial charge < -0.3 is 4.74 Å². The van der Waals surface area contributed by atoms with Crippen LogP contribution in [0.15, 0.2) is 48.5 Å². The molecule has 3 aromatic rings. The van der Waals surface area contributed by atoms with E-state index in [9.17, 15) is 9.59 Å². The molecular formula is C18H17N3O3. The number of ketones is 1. The average Bonchev–Trinajstić information content (AvgIpc) is 3.04. The number of fused-ring (bicyclic) bond motifs is 1. The Hall–Kier alpha value is -3.02. The lowest BCUT2D eigenvalue weighted by atomic mass is 10.1. The Bertz CT molecular complexity index is 887. The third-order valence-corrected chi connectivity index (χ3v) is 3.76. The summed E-state index contributed by atoms with van der Waals surface area (Å²) < 4.78 is 7.03. The Morgan fingerprint density at radius 3 is 2.58 bits per heavy atom. The SMILES string of the molecule is CCn1nnc2cc(C(=O)O[C@H](C)C(=O)c3ccccc3)ccc21. The molecule has 0 N–H and O–H groups in total. The van der Waals surface area contributed by atoms with Crippen molar-refractivity contribution < 1.29 is 14.3 Å². The van der Waals surface area contributed by atoms with E-state index in [2.05, 4.69) is 10.3 Å². The largest absolute Gasteiger partial charge is 0.451 e. The minimum atomic E-state index is -0.859. The van der Waals surface area contributed by atoms with Gasteiger partial charge in [-0.25, -0.2) is 9.48 Å². The Morgan fingerprint density at radius 1 is 1.12 bits per heavy atom. The van der Waals surface area contributed by atoms with Gasteiger partial charge in [-0.1, -0.05) is 35.5 Å². The van der Waals surface area contributed by atoms with Crippen LogP contribution in [0.3, 0.4) is 0 Å². The number of rotatable bonds is 5. The first-order valence-electron chi connectivity index (χ1n) is 7.73. The third-order valence-electron chi connectivity index (χ3n) is 3.76. The molecule has 6 nitrogen and oxygen atoms in total. The lowest BCUT2D eigenvalue weighted by Gasteiger charge is -2.12. The molecule has 0 saturated carbocycles. The second-order valence-electron chi connectivity index (χ2n) is 5.39. The molecule has 1 heterocycles. The fourth-order valence-corrected chi connectivity index (χ4v) is 2.45. The highest BCUT2D eigenvalue weighted by molar-refractivity contribution is 6.01. The van der Waals surface area contributed by atoms with Gasteiger partial charge in [0.15, 0.2) is 6.10 Å². The molecule has 24 heavy (non-hydrogen) atoms. The van der Waals surface area contributed by atoms with Gasteiger partial charge in [-0.3, -0.25) is 4.79 Å². The van der Waals surface area contributed by atoms with E-state index in [-0.39, 0.29) is 5.78 Å². The zero-order valence-electron chi connectivity index (χ0n) is 13.5. The van der Waals surface area contributed by atoms with Crippen molar-refractivity contribution in [1.29, 1.82) is 0 Å². The molecule has 0 amide bonds. The maximum Gasteiger partial charge on any atom is 0.338 e. The number of aryl methyl sites for hydroxylation is 1. The molecule has 1 atom stereocenters. The number of carbonyl (C=O) groups excluding carboxylic acids is 2. The number of esters is 1. The molecule has 1 aromatic heterocycles. The summed E-state index contributed by atoms with van der Waals surface area (Å²) in [5, 5.41) is 8.04. The highest BCUT2D eigenvalue weighted by Gasteiger charge is 2.20. The zero-order chi connectivity index (χ0) is 17.1. The van der Waals surface area contributed by atoms with Crippen LogP contribution in [-0.4, -0.2) is 32.9 Å². The first-order valence-corrected chi connectivity index (χ1v) is 7.73. The van der Waals surface area contributed by atoms with Crippen LogP contribution in [0.5, 0.6) is 0 Å². The Morgan fingerprint density at radius 2 is 1.88 bits per heavy atom. The summed E-state index contributed by atoms with van der Waals surface area (Å²) in [6.07, 6.45) is -0.859. The van der Waals surface area contributed by atoms with E-state index in [1.807, 2.05) is 13.0 Å². The number of hydrogen-bond acceptors (Lipinski definition) is 5. The molecule has 0 unspecified atom stereocenters. The first-order chi connectivity index (χ1) is 11.6. The van der Waals surface area contributed by atoms with E-state index in [0.717, 1.165) is 5.52 Å². The van der Waals surface area contributed by atoms with Crippen LogP contribution in [0.4, 0.5) is 0 Å². The lowest BCUT2D eigenvalue weighted by molar-refractivity contribution is 0.0319. The molecule has 2 aromatic carbocycles. The van der Waals surface area contributed by atoms with Crippen LogP contribution in [0, 0.1) is 0 Å². The molecule has 3 rings (SSSR count). The van der Waals surface area contributed by atoms with E-state index >= 15 is 0 Å². The van der Waals surface area contributed by atoms with Gasteiger partial charge in [0.1, 0.15) is 5.52 Å². The summed E-state index contributed by atoms with van der Waals surface area (Å²) in [6.45, 7) is 4.23. The number of carbonyl (C=O) groups is 2. The topological polar surface area (TPSA) is 74.1 Å². The summed E-state index contributed by atoms with van der Waals surface area (Å²) in [6, 6.07) is 13.8. The summed E-state index contributed by atoms with van der Waals surface area (Å²) in [5.74, 6) is -0.790. The summed E-state index contributed by atoms with van der Waals surface area (Å²) in [4.78, 5) is 24.5. The van der Waals surface area contributed by atoms with Crippen molar-refractivity contribution in [1.82, 2.24) is 15.0 Å². The Balaban J connectivity index is 1.76. The predicted octanol–water partition coefficient (Wildman–Crippen LogP) is 2.88. The lowest BCUT2D eigenvalue weighted by Crippen LogP contribution is -2.24. The highest BCUT2D eigenvalue weighted by atomic mass is 16.5. The summed E-state index contributed by atoms with van der Waals surface area (Å²) >= 11 is 0. The molecule has 0 fully saturated rings. The van der Waals surface area contributed by atoms with Gasteiger partial charge in [0.05, 0.1) is 11.1 Å². The van der Waals surface area contributed by atoms with E-state index < -0.39 is 12.1 Å². The number of ether oxygens (including phenoxy) is 1. The van der Waals surface area contributed by atoms with E-state index in [4.69, 9.17) is 4.74 Å². The van der Waals surface area contributed by atoms with Crippen molar-refractivity contribution in [3.8, 4) is 0 Å². The molecule has 0 spiro atoms. The van der Waals surface area contributed by atoms with Crippen LogP contribution < -0.4 is 0 Å². The van der Waals surface area contributed by atoms with Crippen molar-refractivity contribution >= 4 is 22.8 Å². The first kappa shape index (κ1) is 15.9. The van der Waals surface area contributed by atoms with Crippen LogP contribution in [0.1, 0.15) is 34.6 Å². The molecule has 0 saturated heterocycles. The molecule has 0 bridgehead atoms. The van der Waals surface area contributed by atoms with Gasteiger partial charge in [0, 0.05) is 12.1 Å². The maximum absolute atomic E-state index is 12.3. The smallest absolute Gasteiger partial charge is 0.338 e. The van der Waals surface area contributed by atoms with Crippen LogP contribution >= 0.6 is 0 Å². The fraction of sp³-hybridized carbons (Fsp3) is 0.222. The van der Waals surface area contributed by atoms with Gasteiger partial charge in [-0.15, -0.1) is 5.10 Å². The molecule has 0 aliphatic heterocycles. The molecule has 6 heteroatoms. The predicted molar refractivity (Wildman–Crippen MR) is 88.9 cm³/mol. The zero-order valence-corrected chi connectivity index (χ0v) is 13.5.